The molecule has 0 fully saturated rings. The number of carbonyl (C=O) groups is 1. The summed E-state index contributed by atoms with van der Waals surface area (Å²) in [5, 5.41) is 3.64. The molecule has 0 aliphatic carbocycles. The van der Waals surface area contributed by atoms with Gasteiger partial charge in [0, 0.05) is 17.2 Å². The molecule has 3 aromatic carbocycles. The third-order valence-corrected chi connectivity index (χ3v) is 5.73. The van der Waals surface area contributed by atoms with Crippen molar-refractivity contribution in [3.8, 4) is 0 Å². The topological polar surface area (TPSA) is 87.6 Å². The maximum absolute atomic E-state index is 13.6. The van der Waals surface area contributed by atoms with Crippen molar-refractivity contribution in [1.82, 2.24) is 5.43 Å². The highest BCUT2D eigenvalue weighted by atomic mass is 32.2. The maximum Gasteiger partial charge on any atom is 0.271 e. The minimum absolute atomic E-state index is 0.0179. The average Bonchev–Trinajstić information content (AvgIpc) is 2.72. The van der Waals surface area contributed by atoms with Crippen LogP contribution in [0.15, 0.2) is 70.7 Å². The molecule has 0 atom stereocenters. The number of aryl methyl sites for hydroxylation is 2. The lowest BCUT2D eigenvalue weighted by atomic mass is 10.1. The average molecular weight is 443 g/mol. The molecule has 3 rings (SSSR count). The van der Waals surface area contributed by atoms with Crippen LogP contribution in [0.4, 0.5) is 14.5 Å². The van der Waals surface area contributed by atoms with Gasteiger partial charge in [0.1, 0.15) is 11.6 Å². The number of hydrogen-bond acceptors (Lipinski definition) is 4. The summed E-state index contributed by atoms with van der Waals surface area (Å²) in [5.74, 6) is -2.25. The summed E-state index contributed by atoms with van der Waals surface area (Å²) >= 11 is 0. The van der Waals surface area contributed by atoms with Crippen molar-refractivity contribution in [2.75, 3.05) is 4.72 Å². The Bertz CT molecular complexity index is 1270. The predicted molar refractivity (Wildman–Crippen MR) is 115 cm³/mol. The van der Waals surface area contributed by atoms with Gasteiger partial charge in [-0.2, -0.15) is 5.10 Å². The molecule has 3 aromatic rings. The second-order valence-electron chi connectivity index (χ2n) is 6.82. The molecule has 0 bridgehead atoms. The summed E-state index contributed by atoms with van der Waals surface area (Å²) in [7, 11) is -3.93. The fraction of sp³-hybridized carbons (Fsp3) is 0.0909. The van der Waals surface area contributed by atoms with E-state index in [0.717, 1.165) is 23.4 Å². The Hall–Kier alpha value is -3.59. The van der Waals surface area contributed by atoms with Crippen LogP contribution in [0.25, 0.3) is 0 Å². The molecule has 31 heavy (non-hydrogen) atoms. The third kappa shape index (κ3) is 5.52. The Balaban J connectivity index is 1.75. The molecule has 0 spiro atoms. The van der Waals surface area contributed by atoms with Crippen LogP contribution in [0.2, 0.25) is 0 Å². The molecule has 0 saturated carbocycles. The van der Waals surface area contributed by atoms with E-state index in [-0.39, 0.29) is 16.0 Å². The van der Waals surface area contributed by atoms with Crippen LogP contribution in [-0.4, -0.2) is 20.5 Å². The highest BCUT2D eigenvalue weighted by Gasteiger charge is 2.17. The van der Waals surface area contributed by atoms with Gasteiger partial charge >= 0.3 is 0 Å². The molecule has 160 valence electrons. The van der Waals surface area contributed by atoms with E-state index in [2.05, 4.69) is 15.2 Å². The van der Waals surface area contributed by atoms with E-state index < -0.39 is 27.6 Å². The number of rotatable bonds is 6. The van der Waals surface area contributed by atoms with Gasteiger partial charge in [0.05, 0.1) is 16.8 Å². The van der Waals surface area contributed by atoms with Gasteiger partial charge < -0.3 is 0 Å². The smallest absolute Gasteiger partial charge is 0.271 e. The third-order valence-electron chi connectivity index (χ3n) is 4.36. The van der Waals surface area contributed by atoms with Crippen molar-refractivity contribution < 1.29 is 22.0 Å². The summed E-state index contributed by atoms with van der Waals surface area (Å²) in [6.07, 6.45) is 1.02. The summed E-state index contributed by atoms with van der Waals surface area (Å²) in [6.45, 7) is 3.69. The van der Waals surface area contributed by atoms with Gasteiger partial charge in [-0.15, -0.1) is 0 Å². The minimum Gasteiger partial charge on any atom is -0.279 e. The first kappa shape index (κ1) is 22.1. The Labute approximate surface area is 178 Å². The minimum atomic E-state index is -3.93. The van der Waals surface area contributed by atoms with E-state index >= 15 is 0 Å². The molecule has 2 N–H and O–H groups in total. The van der Waals surface area contributed by atoms with Gasteiger partial charge in [0.2, 0.25) is 0 Å². The molecule has 0 aliphatic rings. The molecule has 9 heteroatoms. The molecule has 1 amide bonds. The van der Waals surface area contributed by atoms with Crippen LogP contribution in [0, 0.1) is 25.5 Å². The number of carbonyl (C=O) groups excluding carboxylic acids is 1. The Kier molecular flexibility index (Phi) is 6.45. The van der Waals surface area contributed by atoms with E-state index in [1.54, 1.807) is 19.1 Å². The van der Waals surface area contributed by atoms with E-state index in [1.807, 2.05) is 13.0 Å². The standard InChI is InChI=1S/C22H19F2N3O3S/c1-14-6-9-21(15(2)10-14)27-31(29,30)19-5-3-4-16(11-19)22(28)26-25-13-17-7-8-18(23)12-20(17)24/h3-13,27H,1-2H3,(H,26,28). The van der Waals surface area contributed by atoms with E-state index in [0.29, 0.717) is 11.8 Å². The zero-order valence-electron chi connectivity index (χ0n) is 16.7. The van der Waals surface area contributed by atoms with E-state index in [4.69, 9.17) is 0 Å². The molecule has 0 radical (unpaired) electrons. The van der Waals surface area contributed by atoms with Crippen LogP contribution < -0.4 is 10.1 Å². The Morgan fingerprint density at radius 3 is 2.48 bits per heavy atom. The lowest BCUT2D eigenvalue weighted by molar-refractivity contribution is 0.0955. The molecular weight excluding hydrogens is 424 g/mol. The molecule has 0 aromatic heterocycles. The van der Waals surface area contributed by atoms with Gasteiger partial charge in [0.15, 0.2) is 0 Å². The quantitative estimate of drug-likeness (QED) is 0.443. The molecule has 0 saturated heterocycles. The maximum atomic E-state index is 13.6. The lowest BCUT2D eigenvalue weighted by Gasteiger charge is -2.12. The van der Waals surface area contributed by atoms with Crippen molar-refractivity contribution in [3.63, 3.8) is 0 Å². The molecule has 0 aliphatic heterocycles. The van der Waals surface area contributed by atoms with Gasteiger partial charge in [-0.3, -0.25) is 9.52 Å². The van der Waals surface area contributed by atoms with Crippen molar-refractivity contribution in [2.24, 2.45) is 5.10 Å². The summed E-state index contributed by atoms with van der Waals surface area (Å²) in [6, 6.07) is 13.6. The predicted octanol–water partition coefficient (Wildman–Crippen LogP) is 4.15. The van der Waals surface area contributed by atoms with Gasteiger partial charge in [-0.25, -0.2) is 22.6 Å². The fourth-order valence-corrected chi connectivity index (χ4v) is 3.94. The van der Waals surface area contributed by atoms with E-state index in [1.165, 1.54) is 30.3 Å². The number of hydrazone groups is 1. The number of amides is 1. The monoisotopic (exact) mass is 443 g/mol. The summed E-state index contributed by atoms with van der Waals surface area (Å²) < 4.78 is 54.5. The molecule has 0 unspecified atom stereocenters. The first-order chi connectivity index (χ1) is 14.7. The fourth-order valence-electron chi connectivity index (χ4n) is 2.77. The van der Waals surface area contributed by atoms with Crippen LogP contribution in [0.1, 0.15) is 27.0 Å². The number of nitrogens with one attached hydrogen (secondary N) is 2. The zero-order valence-corrected chi connectivity index (χ0v) is 17.5. The van der Waals surface area contributed by atoms with Crippen molar-refractivity contribution >= 4 is 27.8 Å². The molecular formula is C22H19F2N3O3S. The highest BCUT2D eigenvalue weighted by Crippen LogP contribution is 2.21. The van der Waals surface area contributed by atoms with Crippen LogP contribution >= 0.6 is 0 Å². The number of hydrogen-bond donors (Lipinski definition) is 2. The van der Waals surface area contributed by atoms with Crippen molar-refractivity contribution in [3.05, 3.63) is 94.6 Å². The first-order valence-electron chi connectivity index (χ1n) is 9.14. The van der Waals surface area contributed by atoms with Gasteiger partial charge in [-0.05, 0) is 55.8 Å². The van der Waals surface area contributed by atoms with Crippen LogP contribution in [0.3, 0.4) is 0 Å². The lowest BCUT2D eigenvalue weighted by Crippen LogP contribution is -2.19. The number of halogens is 2. The largest absolute Gasteiger partial charge is 0.279 e. The van der Waals surface area contributed by atoms with Crippen LogP contribution in [0.5, 0.6) is 0 Å². The number of anilines is 1. The summed E-state index contributed by atoms with van der Waals surface area (Å²) in [4.78, 5) is 12.2. The van der Waals surface area contributed by atoms with Crippen LogP contribution in [-0.2, 0) is 10.0 Å². The van der Waals surface area contributed by atoms with E-state index in [9.17, 15) is 22.0 Å². The Morgan fingerprint density at radius 2 is 1.77 bits per heavy atom. The normalized spacial score (nSPS) is 11.5. The molecule has 0 heterocycles. The molecule has 6 nitrogen and oxygen atoms in total. The number of benzene rings is 3. The van der Waals surface area contributed by atoms with Crippen molar-refractivity contribution in [1.29, 1.82) is 0 Å². The number of nitrogens with zero attached hydrogens (tertiary/aromatic N) is 1. The van der Waals surface area contributed by atoms with Crippen molar-refractivity contribution in [2.45, 2.75) is 18.7 Å². The zero-order chi connectivity index (χ0) is 22.6. The SMILES string of the molecule is Cc1ccc(NS(=O)(=O)c2cccc(C(=O)NN=Cc3ccc(F)cc3F)c2)c(C)c1. The van der Waals surface area contributed by atoms with Gasteiger partial charge in [0.25, 0.3) is 15.9 Å². The Morgan fingerprint density at radius 1 is 1.00 bits per heavy atom. The first-order valence-corrected chi connectivity index (χ1v) is 10.6. The second kappa shape index (κ2) is 9.05. The highest BCUT2D eigenvalue weighted by molar-refractivity contribution is 7.92. The number of sulfonamides is 1. The second-order valence-corrected chi connectivity index (χ2v) is 8.50. The summed E-state index contributed by atoms with van der Waals surface area (Å²) in [5.41, 5.74) is 4.41. The van der Waals surface area contributed by atoms with Gasteiger partial charge in [-0.1, -0.05) is 23.8 Å².